The minimum Gasteiger partial charge on any atom is -0.507 e. The average molecular weight is 405 g/mol. The van der Waals surface area contributed by atoms with Gasteiger partial charge in [0.2, 0.25) is 0 Å². The third kappa shape index (κ3) is 5.04. The fraction of sp³-hybridized carbons (Fsp3) is 0. The number of nitro benzene ring substituents is 1. The zero-order valence-electron chi connectivity index (χ0n) is 15.4. The molecule has 0 fully saturated rings. The summed E-state index contributed by atoms with van der Waals surface area (Å²) in [6, 6.07) is 17.5. The van der Waals surface area contributed by atoms with E-state index in [0.29, 0.717) is 5.56 Å². The third-order valence-electron chi connectivity index (χ3n) is 3.93. The van der Waals surface area contributed by atoms with E-state index in [4.69, 9.17) is 4.74 Å². The zero-order valence-corrected chi connectivity index (χ0v) is 15.4. The molecular formula is C21H15N3O6. The van der Waals surface area contributed by atoms with Crippen LogP contribution in [0.1, 0.15) is 26.3 Å². The number of esters is 1. The van der Waals surface area contributed by atoms with Crippen molar-refractivity contribution in [2.45, 2.75) is 0 Å². The van der Waals surface area contributed by atoms with Crippen LogP contribution in [0.3, 0.4) is 0 Å². The number of benzene rings is 3. The van der Waals surface area contributed by atoms with Gasteiger partial charge in [-0.25, -0.2) is 10.2 Å². The molecule has 0 aliphatic rings. The second kappa shape index (κ2) is 9.11. The molecule has 0 bridgehead atoms. The first-order chi connectivity index (χ1) is 14.4. The number of amides is 1. The van der Waals surface area contributed by atoms with Crippen molar-refractivity contribution in [3.8, 4) is 11.5 Å². The number of nitro groups is 1. The summed E-state index contributed by atoms with van der Waals surface area (Å²) in [6.45, 7) is 0. The van der Waals surface area contributed by atoms with Gasteiger partial charge in [0.05, 0.1) is 22.3 Å². The number of nitrogens with zero attached hydrogens (tertiary/aromatic N) is 2. The average Bonchev–Trinajstić information content (AvgIpc) is 2.75. The number of hydrogen-bond donors (Lipinski definition) is 2. The number of ether oxygens (including phenoxy) is 1. The van der Waals surface area contributed by atoms with Crippen LogP contribution in [-0.4, -0.2) is 28.1 Å². The summed E-state index contributed by atoms with van der Waals surface area (Å²) in [5.74, 6) is -1.09. The number of non-ortho nitro benzene ring substituents is 1. The van der Waals surface area contributed by atoms with Gasteiger partial charge >= 0.3 is 5.97 Å². The van der Waals surface area contributed by atoms with Crippen LogP contribution < -0.4 is 10.2 Å². The Morgan fingerprint density at radius 1 is 1.00 bits per heavy atom. The van der Waals surface area contributed by atoms with Gasteiger partial charge < -0.3 is 9.84 Å². The number of hydrogen-bond acceptors (Lipinski definition) is 7. The minimum absolute atomic E-state index is 0.100. The van der Waals surface area contributed by atoms with Crippen LogP contribution in [0.2, 0.25) is 0 Å². The van der Waals surface area contributed by atoms with Crippen LogP contribution in [0.25, 0.3) is 0 Å². The largest absolute Gasteiger partial charge is 0.507 e. The summed E-state index contributed by atoms with van der Waals surface area (Å²) < 4.78 is 5.22. The van der Waals surface area contributed by atoms with Gasteiger partial charge in [-0.2, -0.15) is 5.10 Å². The first-order valence-electron chi connectivity index (χ1n) is 8.62. The summed E-state index contributed by atoms with van der Waals surface area (Å²) in [5, 5.41) is 24.1. The first kappa shape index (κ1) is 20.2. The van der Waals surface area contributed by atoms with Gasteiger partial charge in [-0.05, 0) is 54.1 Å². The van der Waals surface area contributed by atoms with Crippen LogP contribution in [0.5, 0.6) is 11.5 Å². The number of aromatic hydroxyl groups is 1. The fourth-order valence-electron chi connectivity index (χ4n) is 2.40. The molecule has 0 unspecified atom stereocenters. The molecule has 150 valence electrons. The van der Waals surface area contributed by atoms with Gasteiger partial charge in [-0.15, -0.1) is 0 Å². The standard InChI is InChI=1S/C21H15N3O6/c25-19-4-2-1-3-18(19)20(26)23-22-13-14-5-11-17(12-6-14)30-21(27)15-7-9-16(10-8-15)24(28)29/h1-13,25H,(H,23,26)/b22-13+. The summed E-state index contributed by atoms with van der Waals surface area (Å²) in [7, 11) is 0. The van der Waals surface area contributed by atoms with Crippen molar-refractivity contribution in [3.05, 3.63) is 99.6 Å². The Hall–Kier alpha value is -4.53. The predicted molar refractivity (Wildman–Crippen MR) is 108 cm³/mol. The number of phenolic OH excluding ortho intramolecular Hbond substituents is 1. The maximum Gasteiger partial charge on any atom is 0.343 e. The Bertz CT molecular complexity index is 1110. The molecule has 0 saturated carbocycles. The lowest BCUT2D eigenvalue weighted by atomic mass is 10.2. The molecule has 0 saturated heterocycles. The van der Waals surface area contributed by atoms with E-state index in [-0.39, 0.29) is 28.3 Å². The summed E-state index contributed by atoms with van der Waals surface area (Å²) in [6.07, 6.45) is 1.39. The van der Waals surface area contributed by atoms with Crippen LogP contribution in [0.4, 0.5) is 5.69 Å². The number of nitrogens with one attached hydrogen (secondary N) is 1. The van der Waals surface area contributed by atoms with Crippen molar-refractivity contribution in [3.63, 3.8) is 0 Å². The molecule has 0 spiro atoms. The Morgan fingerprint density at radius 2 is 1.67 bits per heavy atom. The fourth-order valence-corrected chi connectivity index (χ4v) is 2.40. The van der Waals surface area contributed by atoms with Gasteiger partial charge in [0.25, 0.3) is 11.6 Å². The number of hydrazone groups is 1. The SMILES string of the molecule is O=C(Oc1ccc(/C=N/NC(=O)c2ccccc2O)cc1)c1ccc([N+](=O)[O-])cc1. The highest BCUT2D eigenvalue weighted by Gasteiger charge is 2.12. The normalized spacial score (nSPS) is 10.5. The molecule has 2 N–H and O–H groups in total. The maximum absolute atomic E-state index is 12.1. The van der Waals surface area contributed by atoms with E-state index in [0.717, 1.165) is 0 Å². The van der Waals surface area contributed by atoms with Crippen LogP contribution >= 0.6 is 0 Å². The van der Waals surface area contributed by atoms with Gasteiger partial charge in [-0.3, -0.25) is 14.9 Å². The first-order valence-corrected chi connectivity index (χ1v) is 8.62. The molecule has 0 atom stereocenters. The number of para-hydroxylation sites is 1. The Kier molecular flexibility index (Phi) is 6.14. The van der Waals surface area contributed by atoms with Crippen LogP contribution in [-0.2, 0) is 0 Å². The number of rotatable bonds is 6. The molecule has 1 amide bonds. The van der Waals surface area contributed by atoms with Crippen molar-refractivity contribution >= 4 is 23.8 Å². The third-order valence-corrected chi connectivity index (χ3v) is 3.93. The summed E-state index contributed by atoms with van der Waals surface area (Å²) >= 11 is 0. The van der Waals surface area contributed by atoms with E-state index in [9.17, 15) is 24.8 Å². The number of carbonyl (C=O) groups excluding carboxylic acids is 2. The van der Waals surface area contributed by atoms with Gasteiger partial charge in [-0.1, -0.05) is 12.1 Å². The monoisotopic (exact) mass is 405 g/mol. The number of carbonyl (C=O) groups is 2. The van der Waals surface area contributed by atoms with Crippen molar-refractivity contribution < 1.29 is 24.4 Å². The van der Waals surface area contributed by atoms with E-state index < -0.39 is 16.8 Å². The second-order valence-corrected chi connectivity index (χ2v) is 5.98. The molecule has 9 heteroatoms. The van der Waals surface area contributed by atoms with Crippen molar-refractivity contribution in [1.82, 2.24) is 5.43 Å². The molecule has 0 heterocycles. The van der Waals surface area contributed by atoms with E-state index >= 15 is 0 Å². The molecular weight excluding hydrogens is 390 g/mol. The Labute approximate surface area is 170 Å². The summed E-state index contributed by atoms with van der Waals surface area (Å²) in [5.41, 5.74) is 3.09. The highest BCUT2D eigenvalue weighted by molar-refractivity contribution is 5.97. The smallest absolute Gasteiger partial charge is 0.343 e. The summed E-state index contributed by atoms with van der Waals surface area (Å²) in [4.78, 5) is 34.1. The molecule has 0 radical (unpaired) electrons. The molecule has 0 aliphatic heterocycles. The molecule has 0 aromatic heterocycles. The molecule has 0 aliphatic carbocycles. The Morgan fingerprint density at radius 3 is 2.30 bits per heavy atom. The molecule has 3 aromatic carbocycles. The topological polar surface area (TPSA) is 131 Å². The van der Waals surface area contributed by atoms with Gasteiger partial charge in [0.15, 0.2) is 0 Å². The lowest BCUT2D eigenvalue weighted by molar-refractivity contribution is -0.384. The molecule has 30 heavy (non-hydrogen) atoms. The predicted octanol–water partition coefficient (Wildman–Crippen LogP) is 3.28. The molecule has 3 rings (SSSR count). The lowest BCUT2D eigenvalue weighted by Crippen LogP contribution is -2.17. The number of phenols is 1. The van der Waals surface area contributed by atoms with E-state index in [1.165, 1.54) is 54.7 Å². The lowest BCUT2D eigenvalue weighted by Gasteiger charge is -2.05. The highest BCUT2D eigenvalue weighted by Crippen LogP contribution is 2.17. The van der Waals surface area contributed by atoms with Gasteiger partial charge in [0, 0.05) is 12.1 Å². The van der Waals surface area contributed by atoms with Crippen molar-refractivity contribution in [2.75, 3.05) is 0 Å². The minimum atomic E-state index is -0.652. The molecule has 3 aromatic rings. The van der Waals surface area contributed by atoms with E-state index in [2.05, 4.69) is 10.5 Å². The van der Waals surface area contributed by atoms with Crippen LogP contribution in [0, 0.1) is 10.1 Å². The Balaban J connectivity index is 1.57. The van der Waals surface area contributed by atoms with Crippen molar-refractivity contribution in [2.24, 2.45) is 5.10 Å². The quantitative estimate of drug-likeness (QED) is 0.213. The van der Waals surface area contributed by atoms with E-state index in [1.807, 2.05) is 0 Å². The van der Waals surface area contributed by atoms with E-state index in [1.54, 1.807) is 24.3 Å². The highest BCUT2D eigenvalue weighted by atomic mass is 16.6. The van der Waals surface area contributed by atoms with Gasteiger partial charge in [0.1, 0.15) is 11.5 Å². The maximum atomic E-state index is 12.1. The molecule has 9 nitrogen and oxygen atoms in total. The van der Waals surface area contributed by atoms with Crippen molar-refractivity contribution in [1.29, 1.82) is 0 Å². The zero-order chi connectivity index (χ0) is 21.5. The van der Waals surface area contributed by atoms with Crippen LogP contribution in [0.15, 0.2) is 77.9 Å². The second-order valence-electron chi connectivity index (χ2n) is 5.98.